The number of nitrogens with two attached hydrogens (primary N) is 1. The zero-order valence-corrected chi connectivity index (χ0v) is 9.83. The molecule has 96 valence electrons. The molecule has 0 aromatic carbocycles. The molecular weight excluding hydrogens is 222 g/mol. The molecule has 6 heteroatoms. The number of carbonyl (C=O) groups is 3. The van der Waals surface area contributed by atoms with E-state index >= 15 is 0 Å². The summed E-state index contributed by atoms with van der Waals surface area (Å²) in [5.74, 6) is -1.22. The molecule has 0 spiro atoms. The lowest BCUT2D eigenvalue weighted by molar-refractivity contribution is -0.127. The second kappa shape index (κ2) is 9.38. The average Bonchev–Trinajstić information content (AvgIpc) is 2.29. The molecule has 0 aliphatic carbocycles. The van der Waals surface area contributed by atoms with Crippen molar-refractivity contribution in [3.8, 4) is 0 Å². The van der Waals surface area contributed by atoms with Gasteiger partial charge in [0, 0.05) is 6.42 Å². The molecule has 0 aliphatic rings. The van der Waals surface area contributed by atoms with Gasteiger partial charge in [-0.3, -0.25) is 14.4 Å². The molecule has 0 aromatic rings. The van der Waals surface area contributed by atoms with Crippen molar-refractivity contribution in [3.05, 3.63) is 12.7 Å². The van der Waals surface area contributed by atoms with Gasteiger partial charge in [0.2, 0.25) is 17.7 Å². The smallest absolute Gasteiger partial charge is 0.239 e. The zero-order valence-electron chi connectivity index (χ0n) is 9.83. The first-order chi connectivity index (χ1) is 8.06. The summed E-state index contributed by atoms with van der Waals surface area (Å²) >= 11 is 0. The van der Waals surface area contributed by atoms with Crippen molar-refractivity contribution in [2.24, 2.45) is 5.73 Å². The highest BCUT2D eigenvalue weighted by Gasteiger charge is 2.05. The molecule has 4 N–H and O–H groups in total. The van der Waals surface area contributed by atoms with Crippen molar-refractivity contribution in [2.45, 2.75) is 25.7 Å². The first-order valence-corrected chi connectivity index (χ1v) is 5.49. The van der Waals surface area contributed by atoms with Crippen LogP contribution in [0.5, 0.6) is 0 Å². The Morgan fingerprint density at radius 3 is 2.29 bits per heavy atom. The second-order valence-corrected chi connectivity index (χ2v) is 3.55. The third-order valence-electron chi connectivity index (χ3n) is 1.97. The molecule has 0 bridgehead atoms. The van der Waals surface area contributed by atoms with Crippen molar-refractivity contribution >= 4 is 17.7 Å². The van der Waals surface area contributed by atoms with Gasteiger partial charge in [-0.2, -0.15) is 0 Å². The summed E-state index contributed by atoms with van der Waals surface area (Å²) in [6.07, 6.45) is 4.74. The van der Waals surface area contributed by atoms with E-state index in [0.717, 1.165) is 19.3 Å². The maximum absolute atomic E-state index is 11.2. The summed E-state index contributed by atoms with van der Waals surface area (Å²) in [5.41, 5.74) is 4.84. The Balaban J connectivity index is 3.52. The number of rotatable bonds is 9. The fourth-order valence-electron chi connectivity index (χ4n) is 1.09. The topological polar surface area (TPSA) is 101 Å². The van der Waals surface area contributed by atoms with Gasteiger partial charge in [0.15, 0.2) is 0 Å². The van der Waals surface area contributed by atoms with Gasteiger partial charge in [0.25, 0.3) is 0 Å². The Hall–Kier alpha value is -1.85. The maximum Gasteiger partial charge on any atom is 0.239 e. The van der Waals surface area contributed by atoms with E-state index in [0.29, 0.717) is 6.42 Å². The quantitative estimate of drug-likeness (QED) is 0.373. The van der Waals surface area contributed by atoms with Gasteiger partial charge >= 0.3 is 0 Å². The molecule has 0 rings (SSSR count). The minimum absolute atomic E-state index is 0.131. The lowest BCUT2D eigenvalue weighted by Crippen LogP contribution is -2.40. The number of unbranched alkanes of at least 4 members (excludes halogenated alkanes) is 2. The van der Waals surface area contributed by atoms with E-state index in [4.69, 9.17) is 5.73 Å². The van der Waals surface area contributed by atoms with Crippen LogP contribution >= 0.6 is 0 Å². The van der Waals surface area contributed by atoms with Gasteiger partial charge in [-0.25, -0.2) is 0 Å². The highest BCUT2D eigenvalue weighted by Crippen LogP contribution is 1.99. The Labute approximate surface area is 101 Å². The lowest BCUT2D eigenvalue weighted by Gasteiger charge is -2.05. The van der Waals surface area contributed by atoms with Crippen LogP contribution in [0.25, 0.3) is 0 Å². The normalized spacial score (nSPS) is 9.41. The van der Waals surface area contributed by atoms with Gasteiger partial charge in [0.05, 0.1) is 13.1 Å². The van der Waals surface area contributed by atoms with E-state index in [1.54, 1.807) is 6.08 Å². The molecule has 0 saturated heterocycles. The van der Waals surface area contributed by atoms with Crippen molar-refractivity contribution in [1.82, 2.24) is 10.6 Å². The van der Waals surface area contributed by atoms with E-state index in [9.17, 15) is 14.4 Å². The molecule has 0 fully saturated rings. The van der Waals surface area contributed by atoms with Crippen LogP contribution in [0.2, 0.25) is 0 Å². The van der Waals surface area contributed by atoms with Gasteiger partial charge in [-0.05, 0) is 19.3 Å². The van der Waals surface area contributed by atoms with E-state index in [1.807, 2.05) is 0 Å². The number of allylic oxidation sites excluding steroid dienone is 1. The van der Waals surface area contributed by atoms with E-state index in [2.05, 4.69) is 17.2 Å². The van der Waals surface area contributed by atoms with Crippen molar-refractivity contribution in [3.63, 3.8) is 0 Å². The molecule has 0 heterocycles. The molecule has 0 atom stereocenters. The maximum atomic E-state index is 11.2. The molecule has 0 aromatic heterocycles. The average molecular weight is 241 g/mol. The fourth-order valence-corrected chi connectivity index (χ4v) is 1.09. The van der Waals surface area contributed by atoms with Crippen molar-refractivity contribution in [2.75, 3.05) is 13.1 Å². The number of primary amides is 1. The van der Waals surface area contributed by atoms with E-state index in [1.165, 1.54) is 0 Å². The van der Waals surface area contributed by atoms with Crippen LogP contribution in [0.3, 0.4) is 0 Å². The Bertz CT molecular complexity index is 290. The fraction of sp³-hybridized carbons (Fsp3) is 0.545. The first-order valence-electron chi connectivity index (χ1n) is 5.49. The zero-order chi connectivity index (χ0) is 13.1. The molecule has 17 heavy (non-hydrogen) atoms. The standard InChI is InChI=1S/C11H19N3O3/c1-2-3-4-5-6-10(16)14-8-11(17)13-7-9(12)15/h2H,1,3-8H2,(H2,12,15)(H,13,17)(H,14,16). The lowest BCUT2D eigenvalue weighted by atomic mass is 10.2. The first kappa shape index (κ1) is 15.2. The number of hydrogen-bond donors (Lipinski definition) is 3. The van der Waals surface area contributed by atoms with Crippen LogP contribution < -0.4 is 16.4 Å². The molecule has 0 saturated carbocycles. The van der Waals surface area contributed by atoms with Crippen LogP contribution in [0.4, 0.5) is 0 Å². The third kappa shape index (κ3) is 10.4. The van der Waals surface area contributed by atoms with Gasteiger partial charge in [-0.1, -0.05) is 6.08 Å². The molecule has 0 aliphatic heterocycles. The number of amides is 3. The molecular formula is C11H19N3O3. The summed E-state index contributed by atoms with van der Waals surface area (Å²) in [4.78, 5) is 32.7. The number of nitrogens with one attached hydrogen (secondary N) is 2. The molecule has 0 unspecified atom stereocenters. The predicted octanol–water partition coefficient (Wildman–Crippen LogP) is -0.549. The third-order valence-corrected chi connectivity index (χ3v) is 1.97. The largest absolute Gasteiger partial charge is 0.368 e. The van der Waals surface area contributed by atoms with Crippen LogP contribution in [0.1, 0.15) is 25.7 Å². The van der Waals surface area contributed by atoms with E-state index in [-0.39, 0.29) is 19.0 Å². The summed E-state index contributed by atoms with van der Waals surface area (Å²) in [6, 6.07) is 0. The minimum atomic E-state index is -0.617. The minimum Gasteiger partial charge on any atom is -0.368 e. The van der Waals surface area contributed by atoms with E-state index < -0.39 is 11.8 Å². The summed E-state index contributed by atoms with van der Waals surface area (Å²) < 4.78 is 0. The predicted molar refractivity (Wildman–Crippen MR) is 63.9 cm³/mol. The van der Waals surface area contributed by atoms with Crippen LogP contribution in [0, 0.1) is 0 Å². The van der Waals surface area contributed by atoms with Crippen LogP contribution in [-0.4, -0.2) is 30.8 Å². The van der Waals surface area contributed by atoms with Gasteiger partial charge in [0.1, 0.15) is 0 Å². The molecule has 0 radical (unpaired) electrons. The monoisotopic (exact) mass is 241 g/mol. The SMILES string of the molecule is C=CCCCCC(=O)NCC(=O)NCC(N)=O. The summed E-state index contributed by atoms with van der Waals surface area (Å²) in [7, 11) is 0. The number of hydrogen-bond acceptors (Lipinski definition) is 3. The van der Waals surface area contributed by atoms with Crippen LogP contribution in [0.15, 0.2) is 12.7 Å². The molecule has 3 amide bonds. The van der Waals surface area contributed by atoms with Gasteiger partial charge in [-0.15, -0.1) is 6.58 Å². The van der Waals surface area contributed by atoms with Crippen LogP contribution in [-0.2, 0) is 14.4 Å². The Kier molecular flexibility index (Phi) is 8.36. The van der Waals surface area contributed by atoms with Crippen molar-refractivity contribution < 1.29 is 14.4 Å². The van der Waals surface area contributed by atoms with Crippen molar-refractivity contribution in [1.29, 1.82) is 0 Å². The molecule has 6 nitrogen and oxygen atoms in total. The highest BCUT2D eigenvalue weighted by atomic mass is 16.2. The second-order valence-electron chi connectivity index (χ2n) is 3.55. The Morgan fingerprint density at radius 2 is 1.71 bits per heavy atom. The summed E-state index contributed by atoms with van der Waals surface area (Å²) in [5, 5.41) is 4.73. The summed E-state index contributed by atoms with van der Waals surface area (Å²) in [6.45, 7) is 3.23. The van der Waals surface area contributed by atoms with Gasteiger partial charge < -0.3 is 16.4 Å². The Morgan fingerprint density at radius 1 is 1.06 bits per heavy atom. The number of carbonyl (C=O) groups excluding carboxylic acids is 3. The highest BCUT2D eigenvalue weighted by molar-refractivity contribution is 5.87.